The predicted molar refractivity (Wildman–Crippen MR) is 142 cm³/mol. The molecule has 9 nitrogen and oxygen atoms in total. The van der Waals surface area contributed by atoms with E-state index >= 15 is 0 Å². The lowest BCUT2D eigenvalue weighted by Gasteiger charge is -2.38. The number of carbonyl (C=O) groups is 2. The second-order valence-corrected chi connectivity index (χ2v) is 11.0. The Bertz CT molecular complexity index is 1460. The highest BCUT2D eigenvalue weighted by Crippen LogP contribution is 2.43. The Labute approximate surface area is 226 Å². The highest BCUT2D eigenvalue weighted by molar-refractivity contribution is 7.92. The number of fused-ring (bicyclic) bond motifs is 1. The van der Waals surface area contributed by atoms with Crippen LogP contribution in [0.15, 0.2) is 77.7 Å². The van der Waals surface area contributed by atoms with Crippen LogP contribution in [0.5, 0.6) is 5.75 Å². The van der Waals surface area contributed by atoms with Crippen LogP contribution in [0.2, 0.25) is 0 Å². The van der Waals surface area contributed by atoms with E-state index in [9.17, 15) is 22.4 Å². The van der Waals surface area contributed by atoms with Gasteiger partial charge in [0, 0.05) is 31.7 Å². The summed E-state index contributed by atoms with van der Waals surface area (Å²) in [5.74, 6) is -0.533. The third-order valence-electron chi connectivity index (χ3n) is 6.77. The number of amides is 2. The largest absolute Gasteiger partial charge is 0.489 e. The van der Waals surface area contributed by atoms with Crippen molar-refractivity contribution in [1.82, 2.24) is 9.80 Å². The number of carbonyl (C=O) groups excluding carboxylic acids is 2. The van der Waals surface area contributed by atoms with Crippen LogP contribution in [-0.4, -0.2) is 69.6 Å². The topological polar surface area (TPSA) is 96.5 Å². The number of hydrogen-bond donors (Lipinski definition) is 0. The molecule has 1 unspecified atom stereocenters. The van der Waals surface area contributed by atoms with E-state index in [1.807, 2.05) is 30.3 Å². The monoisotopic (exact) mass is 553 g/mol. The molecule has 3 aromatic rings. The summed E-state index contributed by atoms with van der Waals surface area (Å²) in [6, 6.07) is 17.8. The van der Waals surface area contributed by atoms with Gasteiger partial charge < -0.3 is 19.3 Å². The summed E-state index contributed by atoms with van der Waals surface area (Å²) in [6.45, 7) is 3.44. The molecule has 2 amide bonds. The molecule has 0 aliphatic carbocycles. The van der Waals surface area contributed by atoms with Crippen molar-refractivity contribution in [3.05, 3.63) is 89.7 Å². The number of benzene rings is 3. The normalized spacial score (nSPS) is 17.3. The third-order valence-corrected chi connectivity index (χ3v) is 8.61. The number of piperazine rings is 1. The number of ether oxygens (including phenoxy) is 2. The van der Waals surface area contributed by atoms with E-state index in [-0.39, 0.29) is 35.5 Å². The van der Waals surface area contributed by atoms with Crippen LogP contribution in [0.3, 0.4) is 0 Å². The minimum absolute atomic E-state index is 0.0211. The quantitative estimate of drug-likeness (QED) is 0.473. The van der Waals surface area contributed by atoms with Crippen molar-refractivity contribution in [2.24, 2.45) is 0 Å². The van der Waals surface area contributed by atoms with Crippen molar-refractivity contribution in [3.63, 3.8) is 0 Å². The first kappa shape index (κ1) is 26.5. The van der Waals surface area contributed by atoms with Crippen LogP contribution in [0.1, 0.15) is 28.9 Å². The van der Waals surface area contributed by atoms with Crippen LogP contribution in [0.25, 0.3) is 0 Å². The highest BCUT2D eigenvalue weighted by atomic mass is 32.2. The van der Waals surface area contributed by atoms with E-state index < -0.39 is 28.0 Å². The maximum Gasteiger partial charge on any atom is 0.409 e. The lowest BCUT2D eigenvalue weighted by Crippen LogP contribution is -2.50. The standard InChI is InChI=1S/C28H28FN3O6S/c1-2-37-28(34)31-16-14-30(15-17-31)27(33)21-8-13-24-26(18-21)38-19-25(20-6-4-3-5-7-20)32(24)39(35,36)23-11-9-22(29)10-12-23/h3-13,18,25H,2,14-17,19H2,1H3. The first-order valence-electron chi connectivity index (χ1n) is 12.6. The van der Waals surface area contributed by atoms with Gasteiger partial charge in [-0.3, -0.25) is 9.10 Å². The summed E-state index contributed by atoms with van der Waals surface area (Å²) >= 11 is 0. The van der Waals surface area contributed by atoms with Crippen LogP contribution in [0, 0.1) is 5.82 Å². The van der Waals surface area contributed by atoms with E-state index in [1.54, 1.807) is 34.9 Å². The molecule has 0 radical (unpaired) electrons. The molecule has 39 heavy (non-hydrogen) atoms. The van der Waals surface area contributed by atoms with Gasteiger partial charge in [-0.1, -0.05) is 30.3 Å². The number of hydrogen-bond acceptors (Lipinski definition) is 6. The summed E-state index contributed by atoms with van der Waals surface area (Å²) in [5.41, 5.74) is 1.35. The maximum absolute atomic E-state index is 13.9. The van der Waals surface area contributed by atoms with E-state index in [2.05, 4.69) is 0 Å². The average molecular weight is 554 g/mol. The fraction of sp³-hybridized carbons (Fsp3) is 0.286. The van der Waals surface area contributed by atoms with Crippen molar-refractivity contribution >= 4 is 27.7 Å². The molecular formula is C28H28FN3O6S. The van der Waals surface area contributed by atoms with Crippen molar-refractivity contribution in [1.29, 1.82) is 0 Å². The molecule has 2 aliphatic heterocycles. The number of rotatable bonds is 5. The van der Waals surface area contributed by atoms with Gasteiger partial charge >= 0.3 is 6.09 Å². The molecule has 1 fully saturated rings. The SMILES string of the molecule is CCOC(=O)N1CCN(C(=O)c2ccc3c(c2)OCC(c2ccccc2)N3S(=O)(=O)c2ccc(F)cc2)CC1. The van der Waals surface area contributed by atoms with Gasteiger partial charge in [0.2, 0.25) is 0 Å². The van der Waals surface area contributed by atoms with Gasteiger partial charge in [0.05, 0.1) is 17.2 Å². The van der Waals surface area contributed by atoms with Gasteiger partial charge in [-0.25, -0.2) is 17.6 Å². The lowest BCUT2D eigenvalue weighted by atomic mass is 10.0. The van der Waals surface area contributed by atoms with Crippen LogP contribution in [0.4, 0.5) is 14.9 Å². The lowest BCUT2D eigenvalue weighted by molar-refractivity contribution is 0.0570. The van der Waals surface area contributed by atoms with E-state index in [0.29, 0.717) is 31.7 Å². The summed E-state index contributed by atoms with van der Waals surface area (Å²) in [6.07, 6.45) is -0.401. The first-order valence-corrected chi connectivity index (χ1v) is 14.1. The van der Waals surface area contributed by atoms with Crippen molar-refractivity contribution < 1.29 is 31.9 Å². The number of anilines is 1. The molecule has 0 aromatic heterocycles. The van der Waals surface area contributed by atoms with Gasteiger partial charge in [0.25, 0.3) is 15.9 Å². The first-order chi connectivity index (χ1) is 18.8. The Kier molecular flexibility index (Phi) is 7.42. The number of sulfonamides is 1. The maximum atomic E-state index is 13.9. The summed E-state index contributed by atoms with van der Waals surface area (Å²) in [7, 11) is -4.12. The Balaban J connectivity index is 1.45. The minimum Gasteiger partial charge on any atom is -0.489 e. The van der Waals surface area contributed by atoms with Crippen molar-refractivity contribution in [3.8, 4) is 5.75 Å². The Morgan fingerprint density at radius 1 is 0.949 bits per heavy atom. The Morgan fingerprint density at radius 3 is 2.28 bits per heavy atom. The molecule has 3 aromatic carbocycles. The average Bonchev–Trinajstić information content (AvgIpc) is 2.96. The zero-order valence-corrected chi connectivity index (χ0v) is 22.1. The summed E-state index contributed by atoms with van der Waals surface area (Å²) in [4.78, 5) is 28.4. The van der Waals surface area contributed by atoms with Crippen LogP contribution >= 0.6 is 0 Å². The fourth-order valence-electron chi connectivity index (χ4n) is 4.76. The van der Waals surface area contributed by atoms with Gasteiger partial charge in [0.1, 0.15) is 24.2 Å². The fourth-order valence-corrected chi connectivity index (χ4v) is 6.40. The Hall–Kier alpha value is -4.12. The molecule has 2 heterocycles. The van der Waals surface area contributed by atoms with Crippen molar-refractivity contribution in [2.45, 2.75) is 17.9 Å². The molecule has 0 saturated carbocycles. The molecule has 1 saturated heterocycles. The molecular weight excluding hydrogens is 525 g/mol. The Morgan fingerprint density at radius 2 is 1.62 bits per heavy atom. The van der Waals surface area contributed by atoms with E-state index in [1.165, 1.54) is 16.4 Å². The van der Waals surface area contributed by atoms with Crippen LogP contribution < -0.4 is 9.04 Å². The van der Waals surface area contributed by atoms with Gasteiger partial charge in [-0.15, -0.1) is 0 Å². The summed E-state index contributed by atoms with van der Waals surface area (Å²) in [5, 5.41) is 0. The molecule has 11 heteroatoms. The van der Waals surface area contributed by atoms with Gasteiger partial charge in [-0.2, -0.15) is 0 Å². The second kappa shape index (κ2) is 10.9. The molecule has 5 rings (SSSR count). The molecule has 0 N–H and O–H groups in total. The highest BCUT2D eigenvalue weighted by Gasteiger charge is 2.39. The van der Waals surface area contributed by atoms with E-state index in [0.717, 1.165) is 17.7 Å². The third kappa shape index (κ3) is 5.26. The summed E-state index contributed by atoms with van der Waals surface area (Å²) < 4.78 is 53.7. The zero-order chi connectivity index (χ0) is 27.6. The molecule has 0 bridgehead atoms. The van der Waals surface area contributed by atoms with E-state index in [4.69, 9.17) is 9.47 Å². The molecule has 204 valence electrons. The number of nitrogens with zero attached hydrogens (tertiary/aromatic N) is 3. The second-order valence-electron chi connectivity index (χ2n) is 9.15. The van der Waals surface area contributed by atoms with Crippen molar-refractivity contribution in [2.75, 3.05) is 43.7 Å². The minimum atomic E-state index is -4.12. The predicted octanol–water partition coefficient (Wildman–Crippen LogP) is 4.07. The molecule has 1 atom stereocenters. The zero-order valence-electron chi connectivity index (χ0n) is 21.3. The number of halogens is 1. The van der Waals surface area contributed by atoms with Crippen LogP contribution in [-0.2, 0) is 14.8 Å². The van der Waals surface area contributed by atoms with Gasteiger partial charge in [-0.05, 0) is 55.0 Å². The molecule has 2 aliphatic rings. The van der Waals surface area contributed by atoms with Gasteiger partial charge in [0.15, 0.2) is 0 Å². The smallest absolute Gasteiger partial charge is 0.409 e. The molecule has 0 spiro atoms.